The summed E-state index contributed by atoms with van der Waals surface area (Å²) >= 11 is 0. The molecule has 2 rings (SSSR count). The van der Waals surface area contributed by atoms with Gasteiger partial charge in [0.2, 0.25) is 5.91 Å². The van der Waals surface area contributed by atoms with Crippen LogP contribution >= 0.6 is 0 Å². The van der Waals surface area contributed by atoms with E-state index in [4.69, 9.17) is 0 Å². The van der Waals surface area contributed by atoms with E-state index in [0.717, 1.165) is 11.1 Å². The van der Waals surface area contributed by atoms with Gasteiger partial charge in [-0.2, -0.15) is 0 Å². The summed E-state index contributed by atoms with van der Waals surface area (Å²) in [5.41, 5.74) is 4.10. The molecule has 0 bridgehead atoms. The second-order valence-corrected chi connectivity index (χ2v) is 7.50. The van der Waals surface area contributed by atoms with E-state index < -0.39 is 0 Å². The summed E-state index contributed by atoms with van der Waals surface area (Å²) in [7, 11) is 1.60. The Kier molecular flexibility index (Phi) is 6.56. The molecule has 0 fully saturated rings. The summed E-state index contributed by atoms with van der Waals surface area (Å²) in [4.78, 5) is 23.8. The molecule has 2 amide bonds. The first kappa shape index (κ1) is 19.7. The average Bonchev–Trinajstić information content (AvgIpc) is 2.64. The largest absolute Gasteiger partial charge is 0.355 e. The van der Waals surface area contributed by atoms with E-state index in [1.165, 1.54) is 5.56 Å². The van der Waals surface area contributed by atoms with Crippen molar-refractivity contribution in [1.82, 2.24) is 10.6 Å². The zero-order valence-electron chi connectivity index (χ0n) is 16.1. The zero-order chi connectivity index (χ0) is 19.2. The lowest BCUT2D eigenvalue weighted by molar-refractivity contribution is -0.121. The minimum atomic E-state index is -0.128. The molecule has 4 nitrogen and oxygen atoms in total. The maximum atomic E-state index is 12.1. The Labute approximate surface area is 156 Å². The van der Waals surface area contributed by atoms with Crippen LogP contribution in [0.1, 0.15) is 54.2 Å². The topological polar surface area (TPSA) is 58.2 Å². The summed E-state index contributed by atoms with van der Waals surface area (Å²) < 4.78 is 0. The molecular formula is C22H28N2O2. The van der Waals surface area contributed by atoms with Crippen molar-refractivity contribution in [3.63, 3.8) is 0 Å². The third-order valence-corrected chi connectivity index (χ3v) is 4.37. The average molecular weight is 352 g/mol. The highest BCUT2D eigenvalue weighted by Crippen LogP contribution is 2.22. The summed E-state index contributed by atoms with van der Waals surface area (Å²) in [6.07, 6.45) is 1.17. The third-order valence-electron chi connectivity index (χ3n) is 4.37. The van der Waals surface area contributed by atoms with Crippen LogP contribution < -0.4 is 10.6 Å². The van der Waals surface area contributed by atoms with Gasteiger partial charge in [0.1, 0.15) is 0 Å². The molecular weight excluding hydrogens is 324 g/mol. The van der Waals surface area contributed by atoms with Crippen LogP contribution in [0.2, 0.25) is 0 Å². The van der Waals surface area contributed by atoms with Crippen molar-refractivity contribution in [3.05, 3.63) is 70.8 Å². The molecule has 0 radical (unpaired) electrons. The maximum absolute atomic E-state index is 12.1. The summed E-state index contributed by atoms with van der Waals surface area (Å²) in [5.74, 6) is -0.118. The van der Waals surface area contributed by atoms with E-state index >= 15 is 0 Å². The lowest BCUT2D eigenvalue weighted by atomic mass is 9.86. The number of rotatable bonds is 6. The van der Waals surface area contributed by atoms with Gasteiger partial charge in [0.05, 0.1) is 0 Å². The van der Waals surface area contributed by atoms with Crippen LogP contribution in [0.25, 0.3) is 0 Å². The summed E-state index contributed by atoms with van der Waals surface area (Å²) in [6, 6.07) is 15.7. The monoisotopic (exact) mass is 352 g/mol. The predicted octanol–water partition coefficient (Wildman–Crippen LogP) is 3.59. The van der Waals surface area contributed by atoms with Crippen LogP contribution in [0.5, 0.6) is 0 Å². The number of nitrogens with one attached hydrogen (secondary N) is 2. The number of amides is 2. The molecule has 2 N–H and O–H groups in total. The first-order chi connectivity index (χ1) is 12.3. The van der Waals surface area contributed by atoms with Crippen molar-refractivity contribution in [2.45, 2.75) is 45.6 Å². The van der Waals surface area contributed by atoms with E-state index in [9.17, 15) is 9.59 Å². The molecule has 26 heavy (non-hydrogen) atoms. The third kappa shape index (κ3) is 5.73. The quantitative estimate of drug-likeness (QED) is 0.835. The second-order valence-electron chi connectivity index (χ2n) is 7.50. The molecule has 0 atom stereocenters. The highest BCUT2D eigenvalue weighted by atomic mass is 16.2. The Hall–Kier alpha value is -2.62. The highest BCUT2D eigenvalue weighted by molar-refractivity contribution is 5.94. The van der Waals surface area contributed by atoms with Crippen LogP contribution in [0, 0.1) is 0 Å². The highest BCUT2D eigenvalue weighted by Gasteiger charge is 2.13. The van der Waals surface area contributed by atoms with Gasteiger partial charge in [-0.3, -0.25) is 9.59 Å². The van der Waals surface area contributed by atoms with Gasteiger partial charge in [0, 0.05) is 25.6 Å². The van der Waals surface area contributed by atoms with Crippen molar-refractivity contribution in [1.29, 1.82) is 0 Å². The first-order valence-corrected chi connectivity index (χ1v) is 8.97. The molecule has 0 spiro atoms. The van der Waals surface area contributed by atoms with Crippen LogP contribution in [0.4, 0.5) is 0 Å². The smallest absolute Gasteiger partial charge is 0.251 e. The van der Waals surface area contributed by atoms with E-state index in [-0.39, 0.29) is 17.2 Å². The molecule has 0 heterocycles. The second kappa shape index (κ2) is 8.65. The predicted molar refractivity (Wildman–Crippen MR) is 105 cm³/mol. The zero-order valence-corrected chi connectivity index (χ0v) is 16.1. The molecule has 0 saturated carbocycles. The molecule has 0 aliphatic carbocycles. The lowest BCUT2D eigenvalue weighted by Crippen LogP contribution is -2.23. The van der Waals surface area contributed by atoms with Gasteiger partial charge >= 0.3 is 0 Å². The molecule has 0 unspecified atom stereocenters. The molecule has 4 heteroatoms. The van der Waals surface area contributed by atoms with Crippen LogP contribution in [-0.4, -0.2) is 18.9 Å². The Balaban J connectivity index is 1.83. The van der Waals surface area contributed by atoms with Gasteiger partial charge in [-0.05, 0) is 40.7 Å². The van der Waals surface area contributed by atoms with E-state index in [2.05, 4.69) is 55.7 Å². The molecule has 0 aromatic heterocycles. The number of benzene rings is 2. The molecule has 0 saturated heterocycles. The normalized spacial score (nSPS) is 11.1. The fourth-order valence-electron chi connectivity index (χ4n) is 2.69. The number of aryl methyl sites for hydroxylation is 1. The van der Waals surface area contributed by atoms with Gasteiger partial charge in [-0.25, -0.2) is 0 Å². The van der Waals surface area contributed by atoms with E-state index in [1.807, 2.05) is 12.1 Å². The van der Waals surface area contributed by atoms with Gasteiger partial charge in [-0.1, -0.05) is 57.2 Å². The Bertz CT molecular complexity index is 758. The Morgan fingerprint density at radius 3 is 2.27 bits per heavy atom. The molecule has 138 valence electrons. The first-order valence-electron chi connectivity index (χ1n) is 8.97. The maximum Gasteiger partial charge on any atom is 0.251 e. The van der Waals surface area contributed by atoms with Gasteiger partial charge in [0.15, 0.2) is 0 Å². The Morgan fingerprint density at radius 1 is 0.962 bits per heavy atom. The van der Waals surface area contributed by atoms with Crippen molar-refractivity contribution in [3.8, 4) is 0 Å². The molecule has 2 aromatic carbocycles. The summed E-state index contributed by atoms with van der Waals surface area (Å²) in [5, 5.41) is 5.52. The van der Waals surface area contributed by atoms with E-state index in [1.54, 1.807) is 19.2 Å². The Morgan fingerprint density at radius 2 is 1.65 bits per heavy atom. The minimum absolute atomic E-state index is 0.00949. The number of hydrogen-bond acceptors (Lipinski definition) is 2. The molecule has 0 aliphatic heterocycles. The lowest BCUT2D eigenvalue weighted by Gasteiger charge is -2.19. The fourth-order valence-corrected chi connectivity index (χ4v) is 2.69. The fraction of sp³-hybridized carbons (Fsp3) is 0.364. The van der Waals surface area contributed by atoms with Crippen LogP contribution in [-0.2, 0) is 23.2 Å². The van der Waals surface area contributed by atoms with Gasteiger partial charge < -0.3 is 10.6 Å². The standard InChI is InChI=1S/C22H28N2O2/c1-22(2,3)19-11-8-16(9-12-19)10-13-20(25)24-15-17-6-5-7-18(14-17)21(26)23-4/h5-9,11-12,14H,10,13,15H2,1-4H3,(H,23,26)(H,24,25). The molecule has 0 aliphatic rings. The van der Waals surface area contributed by atoms with Crippen molar-refractivity contribution in [2.75, 3.05) is 7.05 Å². The SMILES string of the molecule is CNC(=O)c1cccc(CNC(=O)CCc2ccc(C(C)(C)C)cc2)c1. The minimum Gasteiger partial charge on any atom is -0.355 e. The summed E-state index contributed by atoms with van der Waals surface area (Å²) in [6.45, 7) is 6.99. The number of carbonyl (C=O) groups is 2. The van der Waals surface area contributed by atoms with Gasteiger partial charge in [0.25, 0.3) is 5.91 Å². The number of carbonyl (C=O) groups excluding carboxylic acids is 2. The van der Waals surface area contributed by atoms with Crippen LogP contribution in [0.15, 0.2) is 48.5 Å². The van der Waals surface area contributed by atoms with Crippen molar-refractivity contribution < 1.29 is 9.59 Å². The van der Waals surface area contributed by atoms with Gasteiger partial charge in [-0.15, -0.1) is 0 Å². The van der Waals surface area contributed by atoms with Crippen molar-refractivity contribution >= 4 is 11.8 Å². The van der Waals surface area contributed by atoms with E-state index in [0.29, 0.717) is 24.9 Å². The van der Waals surface area contributed by atoms with Crippen LogP contribution in [0.3, 0.4) is 0 Å². The molecule has 2 aromatic rings. The number of hydrogen-bond donors (Lipinski definition) is 2. The van der Waals surface area contributed by atoms with Crippen molar-refractivity contribution in [2.24, 2.45) is 0 Å².